The van der Waals surface area contributed by atoms with Crippen molar-refractivity contribution in [2.75, 3.05) is 0 Å². The third-order valence-electron chi connectivity index (χ3n) is 3.09. The van der Waals surface area contributed by atoms with Gasteiger partial charge in [0.05, 0.1) is 12.2 Å². The number of nitrogens with zero attached hydrogens (tertiary/aromatic N) is 3. The number of nitrogens with two attached hydrogens (primary N) is 1. The molecule has 1 amide bonds. The molecular formula is C15H11FN4O2S. The van der Waals surface area contributed by atoms with Crippen LogP contribution in [0.2, 0.25) is 0 Å². The number of carbonyl (C=O) groups excluding carboxylic acids is 1. The molecule has 23 heavy (non-hydrogen) atoms. The zero-order valence-electron chi connectivity index (χ0n) is 11.8. The molecule has 0 aliphatic heterocycles. The van der Waals surface area contributed by atoms with Crippen LogP contribution in [0.25, 0.3) is 10.6 Å². The average molecular weight is 330 g/mol. The molecule has 116 valence electrons. The number of amides is 1. The summed E-state index contributed by atoms with van der Waals surface area (Å²) in [6.07, 6.45) is 0. The highest BCUT2D eigenvalue weighted by atomic mass is 32.1. The van der Waals surface area contributed by atoms with Gasteiger partial charge in [-0.3, -0.25) is 9.59 Å². The zero-order chi connectivity index (χ0) is 16.4. The second-order valence-electron chi connectivity index (χ2n) is 4.70. The Labute approximate surface area is 134 Å². The van der Waals surface area contributed by atoms with E-state index in [1.165, 1.54) is 29.5 Å². The molecule has 0 saturated heterocycles. The Kier molecular flexibility index (Phi) is 3.98. The monoisotopic (exact) mass is 330 g/mol. The van der Waals surface area contributed by atoms with Gasteiger partial charge in [0.25, 0.3) is 11.5 Å². The first kappa shape index (κ1) is 15.0. The van der Waals surface area contributed by atoms with Gasteiger partial charge in [0.15, 0.2) is 0 Å². The van der Waals surface area contributed by atoms with E-state index in [4.69, 9.17) is 5.73 Å². The molecule has 3 aromatic rings. The van der Waals surface area contributed by atoms with Crippen LogP contribution >= 0.6 is 11.3 Å². The first-order valence-corrected chi connectivity index (χ1v) is 7.50. The van der Waals surface area contributed by atoms with Crippen LogP contribution in [-0.4, -0.2) is 20.7 Å². The first-order valence-electron chi connectivity index (χ1n) is 6.62. The maximum atomic E-state index is 13.8. The van der Waals surface area contributed by atoms with Gasteiger partial charge in [-0.15, -0.1) is 11.3 Å². The highest BCUT2D eigenvalue weighted by molar-refractivity contribution is 7.13. The molecule has 2 aromatic heterocycles. The van der Waals surface area contributed by atoms with E-state index in [0.29, 0.717) is 16.3 Å². The number of hydrogen-bond acceptors (Lipinski definition) is 5. The van der Waals surface area contributed by atoms with Crippen LogP contribution in [0, 0.1) is 5.82 Å². The second kappa shape index (κ2) is 6.09. The van der Waals surface area contributed by atoms with Crippen molar-refractivity contribution in [2.45, 2.75) is 6.54 Å². The number of aromatic nitrogens is 3. The van der Waals surface area contributed by atoms with E-state index in [1.54, 1.807) is 23.6 Å². The Morgan fingerprint density at radius 3 is 2.78 bits per heavy atom. The first-order chi connectivity index (χ1) is 11.0. The summed E-state index contributed by atoms with van der Waals surface area (Å²) in [6, 6.07) is 8.81. The van der Waals surface area contributed by atoms with Crippen LogP contribution in [0.3, 0.4) is 0 Å². The van der Waals surface area contributed by atoms with Crippen molar-refractivity contribution in [1.29, 1.82) is 0 Å². The van der Waals surface area contributed by atoms with Crippen LogP contribution in [0.1, 0.15) is 16.2 Å². The molecule has 1 aromatic carbocycles. The Hall–Kier alpha value is -2.87. The van der Waals surface area contributed by atoms with Gasteiger partial charge in [0.2, 0.25) is 0 Å². The Morgan fingerprint density at radius 2 is 2.04 bits per heavy atom. The van der Waals surface area contributed by atoms with Crippen molar-refractivity contribution in [3.63, 3.8) is 0 Å². The molecule has 0 aliphatic rings. The van der Waals surface area contributed by atoms with Crippen LogP contribution in [0.5, 0.6) is 0 Å². The van der Waals surface area contributed by atoms with E-state index in [9.17, 15) is 14.0 Å². The fourth-order valence-electron chi connectivity index (χ4n) is 1.99. The summed E-state index contributed by atoms with van der Waals surface area (Å²) in [5.74, 6) is -1.08. The summed E-state index contributed by atoms with van der Waals surface area (Å²) in [5, 5.41) is 6.11. The quantitative estimate of drug-likeness (QED) is 0.787. The Balaban J connectivity index is 1.91. The number of hydrogen-bond donors (Lipinski definition) is 1. The Bertz CT molecular complexity index is 935. The summed E-state index contributed by atoms with van der Waals surface area (Å²) in [4.78, 5) is 27.2. The number of rotatable bonds is 4. The highest BCUT2D eigenvalue weighted by Gasteiger charge is 2.11. The standard InChI is InChI=1S/C15H11FN4O2S/c16-11-4-2-1-3-10(11)15-18-9(8-23-15)7-20-13(21)6-5-12(19-20)14(17)22/h1-6,8H,7H2,(H2,17,22). The van der Waals surface area contributed by atoms with Gasteiger partial charge in [-0.2, -0.15) is 5.10 Å². The smallest absolute Gasteiger partial charge is 0.269 e. The van der Waals surface area contributed by atoms with Crippen LogP contribution in [-0.2, 0) is 6.54 Å². The molecule has 0 aliphatic carbocycles. The normalized spacial score (nSPS) is 10.7. The van der Waals surface area contributed by atoms with Crippen molar-refractivity contribution < 1.29 is 9.18 Å². The lowest BCUT2D eigenvalue weighted by Crippen LogP contribution is -2.26. The van der Waals surface area contributed by atoms with Gasteiger partial charge in [-0.25, -0.2) is 14.1 Å². The highest BCUT2D eigenvalue weighted by Crippen LogP contribution is 2.26. The molecule has 0 atom stereocenters. The van der Waals surface area contributed by atoms with Crippen molar-refractivity contribution in [1.82, 2.24) is 14.8 Å². The van der Waals surface area contributed by atoms with Gasteiger partial charge in [-0.1, -0.05) is 12.1 Å². The lowest BCUT2D eigenvalue weighted by Gasteiger charge is -2.03. The minimum atomic E-state index is -0.718. The van der Waals surface area contributed by atoms with E-state index in [-0.39, 0.29) is 23.6 Å². The summed E-state index contributed by atoms with van der Waals surface area (Å²) in [5.41, 5.74) is 5.71. The summed E-state index contributed by atoms with van der Waals surface area (Å²) >= 11 is 1.27. The topological polar surface area (TPSA) is 90.9 Å². The minimum absolute atomic E-state index is 0.00541. The van der Waals surface area contributed by atoms with Gasteiger partial charge in [-0.05, 0) is 18.2 Å². The van der Waals surface area contributed by atoms with Gasteiger partial charge >= 0.3 is 0 Å². The fourth-order valence-corrected chi connectivity index (χ4v) is 2.82. The van der Waals surface area contributed by atoms with E-state index in [1.807, 2.05) is 0 Å². The van der Waals surface area contributed by atoms with E-state index < -0.39 is 5.91 Å². The molecule has 0 radical (unpaired) electrons. The van der Waals surface area contributed by atoms with Crippen LogP contribution in [0.15, 0.2) is 46.6 Å². The average Bonchev–Trinajstić information content (AvgIpc) is 2.98. The fraction of sp³-hybridized carbons (Fsp3) is 0.0667. The predicted octanol–water partition coefficient (Wildman–Crippen LogP) is 1.65. The maximum absolute atomic E-state index is 13.8. The Morgan fingerprint density at radius 1 is 1.26 bits per heavy atom. The van der Waals surface area contributed by atoms with Crippen molar-refractivity contribution in [3.8, 4) is 10.6 Å². The molecular weight excluding hydrogens is 319 g/mol. The summed E-state index contributed by atoms with van der Waals surface area (Å²) in [6.45, 7) is 0.0743. The maximum Gasteiger partial charge on any atom is 0.269 e. The van der Waals surface area contributed by atoms with E-state index in [0.717, 1.165) is 4.68 Å². The molecule has 8 heteroatoms. The lowest BCUT2D eigenvalue weighted by atomic mass is 10.2. The molecule has 2 N–H and O–H groups in total. The van der Waals surface area contributed by atoms with E-state index in [2.05, 4.69) is 10.1 Å². The molecule has 3 rings (SSSR count). The number of primary amides is 1. The number of thiazole rings is 1. The molecule has 0 spiro atoms. The van der Waals surface area contributed by atoms with Gasteiger partial charge < -0.3 is 5.73 Å². The molecule has 0 unspecified atom stereocenters. The van der Waals surface area contributed by atoms with Gasteiger partial charge in [0, 0.05) is 17.0 Å². The second-order valence-corrected chi connectivity index (χ2v) is 5.56. The van der Waals surface area contributed by atoms with E-state index >= 15 is 0 Å². The van der Waals surface area contributed by atoms with Gasteiger partial charge in [0.1, 0.15) is 16.5 Å². The number of benzene rings is 1. The predicted molar refractivity (Wildman–Crippen MR) is 83.6 cm³/mol. The molecule has 0 bridgehead atoms. The molecule has 2 heterocycles. The molecule has 6 nitrogen and oxygen atoms in total. The number of carbonyl (C=O) groups is 1. The minimum Gasteiger partial charge on any atom is -0.364 e. The third kappa shape index (κ3) is 3.16. The summed E-state index contributed by atoms with van der Waals surface area (Å²) < 4.78 is 14.9. The number of halogens is 1. The van der Waals surface area contributed by atoms with Crippen molar-refractivity contribution in [3.05, 3.63) is 69.3 Å². The lowest BCUT2D eigenvalue weighted by molar-refractivity contribution is 0.0993. The zero-order valence-corrected chi connectivity index (χ0v) is 12.6. The van der Waals surface area contributed by atoms with Crippen molar-refractivity contribution in [2.24, 2.45) is 5.73 Å². The van der Waals surface area contributed by atoms with Crippen LogP contribution < -0.4 is 11.3 Å². The van der Waals surface area contributed by atoms with Crippen LogP contribution in [0.4, 0.5) is 4.39 Å². The largest absolute Gasteiger partial charge is 0.364 e. The summed E-state index contributed by atoms with van der Waals surface area (Å²) in [7, 11) is 0. The molecule has 0 fully saturated rings. The van der Waals surface area contributed by atoms with Crippen molar-refractivity contribution >= 4 is 17.2 Å². The third-order valence-corrected chi connectivity index (χ3v) is 4.01. The SMILES string of the molecule is NC(=O)c1ccc(=O)n(Cc2csc(-c3ccccc3F)n2)n1. The molecule has 0 saturated carbocycles.